The lowest BCUT2D eigenvalue weighted by Gasteiger charge is -2.25. The van der Waals surface area contributed by atoms with Crippen molar-refractivity contribution in [1.29, 1.82) is 0 Å². The average molecular weight is 226 g/mol. The van der Waals surface area contributed by atoms with Gasteiger partial charge in [-0.15, -0.1) is 0 Å². The maximum atomic E-state index is 5.23. The van der Waals surface area contributed by atoms with Crippen molar-refractivity contribution in [1.82, 2.24) is 0 Å². The van der Waals surface area contributed by atoms with Crippen LogP contribution in [0.25, 0.3) is 0 Å². The fourth-order valence-corrected chi connectivity index (χ4v) is 1.26. The van der Waals surface area contributed by atoms with Gasteiger partial charge in [-0.3, -0.25) is 0 Å². The number of hydrogen-bond donors (Lipinski definition) is 0. The minimum absolute atomic E-state index is 0.629. The maximum Gasteiger partial charge on any atom is 0.0597 e. The smallest absolute Gasteiger partial charge is 0.0597 e. The summed E-state index contributed by atoms with van der Waals surface area (Å²) < 4.78 is 6.50. The fourth-order valence-electron chi connectivity index (χ4n) is 0.817. The quantitative estimate of drug-likeness (QED) is 0.528. The summed E-state index contributed by atoms with van der Waals surface area (Å²) in [5, 5.41) is 0. The number of rotatable bonds is 3. The molecule has 1 fully saturated rings. The van der Waals surface area contributed by atoms with E-state index in [1.165, 1.54) is 23.7 Å². The molecular formula is C6H11IO. The Labute approximate surface area is 63.9 Å². The molecule has 0 aromatic carbocycles. The van der Waals surface area contributed by atoms with E-state index in [1.54, 1.807) is 0 Å². The first-order valence-electron chi connectivity index (χ1n) is 3.11. The van der Waals surface area contributed by atoms with Crippen LogP contribution in [0.2, 0.25) is 0 Å². The van der Waals surface area contributed by atoms with E-state index in [9.17, 15) is 0 Å². The van der Waals surface area contributed by atoms with Gasteiger partial charge in [0.05, 0.1) is 6.10 Å². The van der Waals surface area contributed by atoms with E-state index in [0.717, 1.165) is 6.61 Å². The molecule has 0 saturated carbocycles. The Morgan fingerprint density at radius 1 is 1.62 bits per heavy atom. The highest BCUT2D eigenvalue weighted by Gasteiger charge is 2.16. The maximum absolute atomic E-state index is 5.23. The molecule has 0 aromatic rings. The van der Waals surface area contributed by atoms with Crippen molar-refractivity contribution >= 4 is 22.6 Å². The minimum atomic E-state index is 0.629. The lowest BCUT2D eigenvalue weighted by atomic mass is 10.1. The van der Waals surface area contributed by atoms with E-state index in [0.29, 0.717) is 6.10 Å². The van der Waals surface area contributed by atoms with Crippen LogP contribution in [0.1, 0.15) is 19.3 Å². The molecule has 0 aromatic heterocycles. The van der Waals surface area contributed by atoms with Crippen LogP contribution in [0.15, 0.2) is 0 Å². The Hall–Kier alpha value is 0.690. The van der Waals surface area contributed by atoms with E-state index in [4.69, 9.17) is 4.74 Å². The summed E-state index contributed by atoms with van der Waals surface area (Å²) in [6.07, 6.45) is 4.54. The number of hydrogen-bond acceptors (Lipinski definition) is 1. The molecule has 0 spiro atoms. The minimum Gasteiger partial charge on any atom is -0.378 e. The van der Waals surface area contributed by atoms with Crippen molar-refractivity contribution in [2.75, 3.05) is 11.0 Å². The van der Waals surface area contributed by atoms with Gasteiger partial charge in [-0.2, -0.15) is 0 Å². The molecular weight excluding hydrogens is 215 g/mol. The first kappa shape index (κ1) is 6.81. The number of ether oxygens (including phenoxy) is 1. The zero-order chi connectivity index (χ0) is 5.82. The van der Waals surface area contributed by atoms with Crippen LogP contribution in [0.3, 0.4) is 0 Å². The molecule has 1 aliphatic heterocycles. The summed E-state index contributed by atoms with van der Waals surface area (Å²) in [5.74, 6) is 0. The van der Waals surface area contributed by atoms with Gasteiger partial charge in [0.15, 0.2) is 0 Å². The van der Waals surface area contributed by atoms with Crippen molar-refractivity contribution in [2.24, 2.45) is 0 Å². The Morgan fingerprint density at radius 2 is 2.38 bits per heavy atom. The zero-order valence-electron chi connectivity index (χ0n) is 4.90. The standard InChI is InChI=1S/C6H11IO/c7-4-1-2-6-3-5-8-6/h6H,1-5H2. The van der Waals surface area contributed by atoms with E-state index in [2.05, 4.69) is 22.6 Å². The fraction of sp³-hybridized carbons (Fsp3) is 1.00. The SMILES string of the molecule is ICCCC1CCO1. The van der Waals surface area contributed by atoms with Crippen LogP contribution in [0.4, 0.5) is 0 Å². The van der Waals surface area contributed by atoms with Crippen molar-refractivity contribution < 1.29 is 4.74 Å². The Kier molecular flexibility index (Phi) is 3.12. The molecule has 1 rings (SSSR count). The average Bonchev–Trinajstić information content (AvgIpc) is 1.63. The Bertz CT molecular complexity index is 61.5. The molecule has 0 N–H and O–H groups in total. The van der Waals surface area contributed by atoms with E-state index < -0.39 is 0 Å². The Balaban J connectivity index is 1.86. The van der Waals surface area contributed by atoms with Gasteiger partial charge in [-0.05, 0) is 23.7 Å². The van der Waals surface area contributed by atoms with Gasteiger partial charge in [0.2, 0.25) is 0 Å². The van der Waals surface area contributed by atoms with Crippen LogP contribution in [-0.2, 0) is 4.74 Å². The third-order valence-corrected chi connectivity index (χ3v) is 2.22. The van der Waals surface area contributed by atoms with Crippen LogP contribution in [0.5, 0.6) is 0 Å². The van der Waals surface area contributed by atoms with Gasteiger partial charge in [0.1, 0.15) is 0 Å². The summed E-state index contributed by atoms with van der Waals surface area (Å²) in [6.45, 7) is 1.01. The van der Waals surface area contributed by atoms with Gasteiger partial charge in [0, 0.05) is 6.61 Å². The molecule has 8 heavy (non-hydrogen) atoms. The second kappa shape index (κ2) is 3.67. The highest BCUT2D eigenvalue weighted by Crippen LogP contribution is 2.16. The van der Waals surface area contributed by atoms with Crippen molar-refractivity contribution in [3.63, 3.8) is 0 Å². The second-order valence-electron chi connectivity index (χ2n) is 2.11. The molecule has 1 unspecified atom stereocenters. The summed E-state index contributed by atoms with van der Waals surface area (Å²) in [6, 6.07) is 0. The van der Waals surface area contributed by atoms with Gasteiger partial charge in [-0.1, -0.05) is 22.6 Å². The highest BCUT2D eigenvalue weighted by molar-refractivity contribution is 14.1. The molecule has 1 aliphatic rings. The largest absolute Gasteiger partial charge is 0.378 e. The predicted molar refractivity (Wildman–Crippen MR) is 42.5 cm³/mol. The molecule has 2 heteroatoms. The van der Waals surface area contributed by atoms with Crippen LogP contribution >= 0.6 is 22.6 Å². The monoisotopic (exact) mass is 226 g/mol. The second-order valence-corrected chi connectivity index (χ2v) is 3.19. The molecule has 0 radical (unpaired) electrons. The molecule has 1 nitrogen and oxygen atoms in total. The van der Waals surface area contributed by atoms with Crippen LogP contribution in [0, 0.1) is 0 Å². The molecule has 1 saturated heterocycles. The summed E-state index contributed by atoms with van der Waals surface area (Å²) >= 11 is 2.41. The van der Waals surface area contributed by atoms with Crippen molar-refractivity contribution in [3.8, 4) is 0 Å². The van der Waals surface area contributed by atoms with E-state index >= 15 is 0 Å². The Morgan fingerprint density at radius 3 is 2.75 bits per heavy atom. The third kappa shape index (κ3) is 1.90. The first-order chi connectivity index (χ1) is 3.93. The number of alkyl halides is 1. The number of halogens is 1. The van der Waals surface area contributed by atoms with Gasteiger partial charge in [-0.25, -0.2) is 0 Å². The van der Waals surface area contributed by atoms with Gasteiger partial charge in [0.25, 0.3) is 0 Å². The topological polar surface area (TPSA) is 9.23 Å². The van der Waals surface area contributed by atoms with E-state index in [1.807, 2.05) is 0 Å². The first-order valence-corrected chi connectivity index (χ1v) is 4.63. The van der Waals surface area contributed by atoms with E-state index in [-0.39, 0.29) is 0 Å². The molecule has 1 atom stereocenters. The summed E-state index contributed by atoms with van der Waals surface area (Å²) in [4.78, 5) is 0. The van der Waals surface area contributed by atoms with Gasteiger partial charge >= 0.3 is 0 Å². The summed E-state index contributed by atoms with van der Waals surface area (Å²) in [5.41, 5.74) is 0. The van der Waals surface area contributed by atoms with Crippen molar-refractivity contribution in [2.45, 2.75) is 25.4 Å². The normalized spacial score (nSPS) is 27.4. The van der Waals surface area contributed by atoms with Crippen LogP contribution in [-0.4, -0.2) is 17.1 Å². The van der Waals surface area contributed by atoms with Crippen molar-refractivity contribution in [3.05, 3.63) is 0 Å². The lowest BCUT2D eigenvalue weighted by molar-refractivity contribution is -0.0544. The zero-order valence-corrected chi connectivity index (χ0v) is 7.06. The predicted octanol–water partition coefficient (Wildman–Crippen LogP) is 1.99. The molecule has 0 aliphatic carbocycles. The third-order valence-electron chi connectivity index (χ3n) is 1.45. The molecule has 0 amide bonds. The lowest BCUT2D eigenvalue weighted by Crippen LogP contribution is -2.26. The molecule has 48 valence electrons. The highest BCUT2D eigenvalue weighted by atomic mass is 127. The molecule has 0 bridgehead atoms. The van der Waals surface area contributed by atoms with Crippen LogP contribution < -0.4 is 0 Å². The summed E-state index contributed by atoms with van der Waals surface area (Å²) in [7, 11) is 0. The molecule has 1 heterocycles. The van der Waals surface area contributed by atoms with Gasteiger partial charge < -0.3 is 4.74 Å².